The Morgan fingerprint density at radius 2 is 1.91 bits per heavy atom. The van der Waals surface area contributed by atoms with Crippen LogP contribution in [-0.4, -0.2) is 40.0 Å². The molecule has 2 aromatic carbocycles. The molecule has 1 aliphatic rings. The average Bonchev–Trinajstić information content (AvgIpc) is 2.55. The van der Waals surface area contributed by atoms with Gasteiger partial charge in [0.15, 0.2) is 0 Å². The molecule has 0 aliphatic carbocycles. The summed E-state index contributed by atoms with van der Waals surface area (Å²) < 4.78 is 32.5. The van der Waals surface area contributed by atoms with Crippen molar-refractivity contribution in [3.63, 3.8) is 0 Å². The monoisotopic (exact) mass is 332 g/mol. The highest BCUT2D eigenvalue weighted by Gasteiger charge is 2.24. The van der Waals surface area contributed by atoms with E-state index in [-0.39, 0.29) is 4.90 Å². The van der Waals surface area contributed by atoms with Crippen molar-refractivity contribution in [2.45, 2.75) is 11.4 Å². The second kappa shape index (κ2) is 6.22. The summed E-state index contributed by atoms with van der Waals surface area (Å²) in [7, 11) is 0.00801. The lowest BCUT2D eigenvalue weighted by atomic mass is 10.2. The fraction of sp³-hybridized carbons (Fsp3) is 0.294. The second-order valence-electron chi connectivity index (χ2n) is 5.65. The fourth-order valence-corrected chi connectivity index (χ4v) is 3.78. The predicted octanol–water partition coefficient (Wildman–Crippen LogP) is 2.34. The Labute approximate surface area is 137 Å². The van der Waals surface area contributed by atoms with Gasteiger partial charge < -0.3 is 9.64 Å². The minimum atomic E-state index is -3.55. The van der Waals surface area contributed by atoms with Crippen LogP contribution in [-0.2, 0) is 16.6 Å². The van der Waals surface area contributed by atoms with Crippen LogP contribution < -0.4 is 9.64 Å². The van der Waals surface area contributed by atoms with Gasteiger partial charge in [-0.3, -0.25) is 0 Å². The third kappa shape index (κ3) is 3.18. The molecule has 0 N–H and O–H groups in total. The molecule has 122 valence electrons. The molecular formula is C17H20N2O3S. The zero-order chi connectivity index (χ0) is 16.4. The molecule has 3 rings (SSSR count). The van der Waals surface area contributed by atoms with Crippen LogP contribution >= 0.6 is 0 Å². The standard InChI is InChI=1S/C17H20N2O3S/c1-18-10-11-22-17-12-15(8-9-16(17)18)23(20,21)19(2)13-14-6-4-3-5-7-14/h3-9,12H,10-11,13H2,1-2H3. The summed E-state index contributed by atoms with van der Waals surface area (Å²) in [5.74, 6) is 0.618. The van der Waals surface area contributed by atoms with Crippen molar-refractivity contribution in [3.05, 3.63) is 54.1 Å². The Kier molecular flexibility index (Phi) is 4.28. The maximum Gasteiger partial charge on any atom is 0.243 e. The van der Waals surface area contributed by atoms with E-state index in [9.17, 15) is 8.42 Å². The molecule has 23 heavy (non-hydrogen) atoms. The van der Waals surface area contributed by atoms with Gasteiger partial charge in [0.1, 0.15) is 12.4 Å². The molecule has 1 heterocycles. The highest BCUT2D eigenvalue weighted by molar-refractivity contribution is 7.89. The van der Waals surface area contributed by atoms with Crippen LogP contribution in [0.4, 0.5) is 5.69 Å². The van der Waals surface area contributed by atoms with Gasteiger partial charge in [-0.2, -0.15) is 4.31 Å². The maximum absolute atomic E-state index is 12.8. The molecule has 0 amide bonds. The molecule has 5 nitrogen and oxygen atoms in total. The van der Waals surface area contributed by atoms with Gasteiger partial charge in [0.2, 0.25) is 10.0 Å². The Hall–Kier alpha value is -2.05. The number of nitrogens with zero attached hydrogens (tertiary/aromatic N) is 2. The lowest BCUT2D eigenvalue weighted by molar-refractivity contribution is 0.310. The summed E-state index contributed by atoms with van der Waals surface area (Å²) in [5, 5.41) is 0. The molecule has 2 aromatic rings. The summed E-state index contributed by atoms with van der Waals surface area (Å²) in [6.07, 6.45) is 0. The minimum Gasteiger partial charge on any atom is -0.490 e. The highest BCUT2D eigenvalue weighted by atomic mass is 32.2. The molecule has 0 fully saturated rings. The van der Waals surface area contributed by atoms with E-state index in [1.165, 1.54) is 4.31 Å². The van der Waals surface area contributed by atoms with Gasteiger partial charge >= 0.3 is 0 Å². The molecule has 0 saturated heterocycles. The number of anilines is 1. The number of ether oxygens (including phenoxy) is 1. The van der Waals surface area contributed by atoms with E-state index in [2.05, 4.69) is 4.90 Å². The number of likely N-dealkylation sites (N-methyl/N-ethyl adjacent to an activating group) is 1. The Bertz CT molecular complexity index is 791. The second-order valence-corrected chi connectivity index (χ2v) is 7.69. The molecule has 0 radical (unpaired) electrons. The summed E-state index contributed by atoms with van der Waals surface area (Å²) in [4.78, 5) is 2.31. The SMILES string of the molecule is CN1CCOc2cc(S(=O)(=O)N(C)Cc3ccccc3)ccc21. The Balaban J connectivity index is 1.87. The predicted molar refractivity (Wildman–Crippen MR) is 90.3 cm³/mol. The number of sulfonamides is 1. The lowest BCUT2D eigenvalue weighted by Crippen LogP contribution is -2.30. The largest absolute Gasteiger partial charge is 0.490 e. The van der Waals surface area contributed by atoms with E-state index in [1.807, 2.05) is 37.4 Å². The van der Waals surface area contributed by atoms with Gasteiger partial charge in [-0.25, -0.2) is 8.42 Å². The summed E-state index contributed by atoms with van der Waals surface area (Å²) in [6, 6.07) is 14.6. The van der Waals surface area contributed by atoms with E-state index < -0.39 is 10.0 Å². The molecule has 0 saturated carbocycles. The van der Waals surface area contributed by atoms with E-state index in [0.29, 0.717) is 18.9 Å². The quantitative estimate of drug-likeness (QED) is 0.862. The number of benzene rings is 2. The summed E-state index contributed by atoms with van der Waals surface area (Å²) in [5.41, 5.74) is 1.87. The van der Waals surface area contributed by atoms with Crippen LogP contribution in [0.5, 0.6) is 5.75 Å². The first-order valence-electron chi connectivity index (χ1n) is 7.47. The van der Waals surface area contributed by atoms with Crippen molar-refractivity contribution < 1.29 is 13.2 Å². The van der Waals surface area contributed by atoms with Crippen molar-refractivity contribution in [1.82, 2.24) is 4.31 Å². The Morgan fingerprint density at radius 3 is 2.65 bits per heavy atom. The van der Waals surface area contributed by atoms with Crippen molar-refractivity contribution in [2.24, 2.45) is 0 Å². The summed E-state index contributed by atoms with van der Waals surface area (Å²) >= 11 is 0. The molecule has 6 heteroatoms. The van der Waals surface area contributed by atoms with Gasteiger partial charge in [0.05, 0.1) is 17.1 Å². The molecule has 1 aliphatic heterocycles. The smallest absolute Gasteiger partial charge is 0.243 e. The van der Waals surface area contributed by atoms with Crippen LogP contribution in [0.3, 0.4) is 0 Å². The van der Waals surface area contributed by atoms with Crippen LogP contribution in [0.15, 0.2) is 53.4 Å². The van der Waals surface area contributed by atoms with Crippen molar-refractivity contribution in [2.75, 3.05) is 32.1 Å². The average molecular weight is 332 g/mol. The Morgan fingerprint density at radius 1 is 1.17 bits per heavy atom. The maximum atomic E-state index is 12.8. The minimum absolute atomic E-state index is 0.255. The number of hydrogen-bond acceptors (Lipinski definition) is 4. The van der Waals surface area contributed by atoms with Crippen molar-refractivity contribution in [3.8, 4) is 5.75 Å². The van der Waals surface area contributed by atoms with Crippen LogP contribution in [0.25, 0.3) is 0 Å². The first-order chi connectivity index (χ1) is 11.0. The van der Waals surface area contributed by atoms with Gasteiger partial charge in [0, 0.05) is 26.7 Å². The molecule has 0 spiro atoms. The number of fused-ring (bicyclic) bond motifs is 1. The molecule has 0 atom stereocenters. The lowest BCUT2D eigenvalue weighted by Gasteiger charge is -2.28. The van der Waals surface area contributed by atoms with Crippen molar-refractivity contribution in [1.29, 1.82) is 0 Å². The van der Waals surface area contributed by atoms with Gasteiger partial charge in [0.25, 0.3) is 0 Å². The first kappa shape index (κ1) is 15.8. The van der Waals surface area contributed by atoms with E-state index in [1.54, 1.807) is 25.2 Å². The molecule has 0 aromatic heterocycles. The van der Waals surface area contributed by atoms with E-state index in [0.717, 1.165) is 17.8 Å². The third-order valence-corrected chi connectivity index (χ3v) is 5.78. The molecular weight excluding hydrogens is 312 g/mol. The van der Waals surface area contributed by atoms with Gasteiger partial charge in [-0.05, 0) is 17.7 Å². The highest BCUT2D eigenvalue weighted by Crippen LogP contribution is 2.33. The van der Waals surface area contributed by atoms with Crippen LogP contribution in [0, 0.1) is 0 Å². The van der Waals surface area contributed by atoms with Crippen LogP contribution in [0.1, 0.15) is 5.56 Å². The van der Waals surface area contributed by atoms with Gasteiger partial charge in [-0.1, -0.05) is 30.3 Å². The van der Waals surface area contributed by atoms with E-state index >= 15 is 0 Å². The number of rotatable bonds is 4. The topological polar surface area (TPSA) is 49.9 Å². The zero-order valence-electron chi connectivity index (χ0n) is 13.3. The normalized spacial score (nSPS) is 14.5. The van der Waals surface area contributed by atoms with Crippen molar-refractivity contribution >= 4 is 15.7 Å². The third-order valence-electron chi connectivity index (χ3n) is 3.98. The molecule has 0 bridgehead atoms. The van der Waals surface area contributed by atoms with Crippen LogP contribution in [0.2, 0.25) is 0 Å². The fourth-order valence-electron chi connectivity index (χ4n) is 2.60. The summed E-state index contributed by atoms with van der Waals surface area (Å²) in [6.45, 7) is 1.70. The van der Waals surface area contributed by atoms with E-state index in [4.69, 9.17) is 4.74 Å². The first-order valence-corrected chi connectivity index (χ1v) is 8.91. The molecule has 0 unspecified atom stereocenters. The number of hydrogen-bond donors (Lipinski definition) is 0. The van der Waals surface area contributed by atoms with Gasteiger partial charge in [-0.15, -0.1) is 0 Å². The zero-order valence-corrected chi connectivity index (χ0v) is 14.1.